The van der Waals surface area contributed by atoms with Gasteiger partial charge >= 0.3 is 0 Å². The highest BCUT2D eigenvalue weighted by Gasteiger charge is 2.03. The van der Waals surface area contributed by atoms with E-state index in [9.17, 15) is 0 Å². The Balaban J connectivity index is 2.01. The molecule has 0 radical (unpaired) electrons. The van der Waals surface area contributed by atoms with Gasteiger partial charge in [-0.1, -0.05) is 19.0 Å². The number of anilines is 1. The van der Waals surface area contributed by atoms with Crippen molar-refractivity contribution in [1.82, 2.24) is 20.1 Å². The lowest BCUT2D eigenvalue weighted by Gasteiger charge is -2.06. The standard InChI is InChI=1S/C10H13N5O/c1-7(2)8-3-9(13-5-12-8)11-4-10-14-6-16-15-10/h3,5-7H,4H2,1-2H3,(H,11,12,13). The van der Waals surface area contributed by atoms with E-state index in [1.54, 1.807) is 6.33 Å². The minimum Gasteiger partial charge on any atom is -0.363 e. The molecule has 2 heterocycles. The van der Waals surface area contributed by atoms with Gasteiger partial charge in [-0.15, -0.1) is 0 Å². The van der Waals surface area contributed by atoms with Crippen molar-refractivity contribution in [2.45, 2.75) is 26.3 Å². The summed E-state index contributed by atoms with van der Waals surface area (Å²) in [6.07, 6.45) is 2.85. The number of nitrogens with zero attached hydrogens (tertiary/aromatic N) is 4. The van der Waals surface area contributed by atoms with Gasteiger partial charge in [0.2, 0.25) is 6.39 Å². The summed E-state index contributed by atoms with van der Waals surface area (Å²) in [5.41, 5.74) is 1.01. The van der Waals surface area contributed by atoms with Crippen LogP contribution in [0.5, 0.6) is 0 Å². The maximum absolute atomic E-state index is 4.63. The molecule has 2 aromatic rings. The van der Waals surface area contributed by atoms with Crippen molar-refractivity contribution in [3.05, 3.63) is 30.3 Å². The van der Waals surface area contributed by atoms with Gasteiger partial charge in [0, 0.05) is 11.8 Å². The van der Waals surface area contributed by atoms with E-state index in [-0.39, 0.29) is 0 Å². The number of hydrogen-bond acceptors (Lipinski definition) is 6. The molecule has 0 fully saturated rings. The van der Waals surface area contributed by atoms with Crippen molar-refractivity contribution in [2.75, 3.05) is 5.32 Å². The van der Waals surface area contributed by atoms with Crippen molar-refractivity contribution in [2.24, 2.45) is 0 Å². The van der Waals surface area contributed by atoms with E-state index < -0.39 is 0 Å². The average molecular weight is 219 g/mol. The Bertz CT molecular complexity index is 440. The summed E-state index contributed by atoms with van der Waals surface area (Å²) < 4.78 is 4.63. The molecule has 16 heavy (non-hydrogen) atoms. The maximum atomic E-state index is 4.63. The van der Waals surface area contributed by atoms with Gasteiger partial charge in [-0.2, -0.15) is 4.98 Å². The minimum atomic E-state index is 0.383. The fourth-order valence-electron chi connectivity index (χ4n) is 1.22. The molecule has 0 unspecified atom stereocenters. The summed E-state index contributed by atoms with van der Waals surface area (Å²) in [6, 6.07) is 1.92. The van der Waals surface area contributed by atoms with Gasteiger partial charge in [-0.25, -0.2) is 9.97 Å². The van der Waals surface area contributed by atoms with E-state index in [2.05, 4.69) is 43.8 Å². The van der Waals surface area contributed by atoms with Crippen LogP contribution in [0.2, 0.25) is 0 Å². The van der Waals surface area contributed by atoms with Crippen LogP contribution in [0.4, 0.5) is 5.82 Å². The smallest absolute Gasteiger partial charge is 0.213 e. The molecule has 6 nitrogen and oxygen atoms in total. The first-order chi connectivity index (χ1) is 7.75. The van der Waals surface area contributed by atoms with Gasteiger partial charge in [0.15, 0.2) is 5.82 Å². The Morgan fingerprint density at radius 1 is 1.31 bits per heavy atom. The predicted octanol–water partition coefficient (Wildman–Crippen LogP) is 1.60. The molecule has 0 aliphatic heterocycles. The molecule has 2 aromatic heterocycles. The quantitative estimate of drug-likeness (QED) is 0.841. The molecule has 0 aliphatic carbocycles. The summed E-state index contributed by atoms with van der Waals surface area (Å²) in [4.78, 5) is 12.2. The predicted molar refractivity (Wildman–Crippen MR) is 57.7 cm³/mol. The van der Waals surface area contributed by atoms with Crippen molar-refractivity contribution in [1.29, 1.82) is 0 Å². The SMILES string of the molecule is CC(C)c1cc(NCc2ncon2)ncn1. The van der Waals surface area contributed by atoms with E-state index in [0.29, 0.717) is 18.3 Å². The van der Waals surface area contributed by atoms with Gasteiger partial charge in [0.05, 0.1) is 6.54 Å². The summed E-state index contributed by atoms with van der Waals surface area (Å²) in [5, 5.41) is 6.80. The lowest BCUT2D eigenvalue weighted by Crippen LogP contribution is -2.04. The molecule has 2 rings (SSSR count). The van der Waals surface area contributed by atoms with Crippen LogP contribution in [0.25, 0.3) is 0 Å². The van der Waals surface area contributed by atoms with Crippen molar-refractivity contribution >= 4 is 5.82 Å². The maximum Gasteiger partial charge on any atom is 0.213 e. The van der Waals surface area contributed by atoms with Gasteiger partial charge < -0.3 is 9.84 Å². The van der Waals surface area contributed by atoms with Crippen LogP contribution >= 0.6 is 0 Å². The van der Waals surface area contributed by atoms with Gasteiger partial charge in [-0.3, -0.25) is 0 Å². The van der Waals surface area contributed by atoms with Crippen LogP contribution in [-0.4, -0.2) is 20.1 Å². The Kier molecular flexibility index (Phi) is 3.09. The zero-order chi connectivity index (χ0) is 11.4. The first-order valence-electron chi connectivity index (χ1n) is 5.07. The summed E-state index contributed by atoms with van der Waals surface area (Å²) in [5.74, 6) is 1.75. The van der Waals surface area contributed by atoms with Crippen molar-refractivity contribution < 1.29 is 4.52 Å². The van der Waals surface area contributed by atoms with Gasteiger partial charge in [0.1, 0.15) is 12.1 Å². The highest BCUT2D eigenvalue weighted by atomic mass is 16.5. The molecule has 0 saturated carbocycles. The molecule has 0 saturated heterocycles. The highest BCUT2D eigenvalue weighted by molar-refractivity contribution is 5.35. The van der Waals surface area contributed by atoms with Crippen LogP contribution in [-0.2, 0) is 6.54 Å². The minimum absolute atomic E-state index is 0.383. The molecule has 0 aliphatic rings. The second-order valence-electron chi connectivity index (χ2n) is 3.68. The lowest BCUT2D eigenvalue weighted by atomic mass is 10.1. The zero-order valence-corrected chi connectivity index (χ0v) is 9.21. The number of hydrogen-bond donors (Lipinski definition) is 1. The highest BCUT2D eigenvalue weighted by Crippen LogP contribution is 2.13. The van der Waals surface area contributed by atoms with Crippen LogP contribution in [0, 0.1) is 0 Å². The molecule has 0 spiro atoms. The third-order valence-electron chi connectivity index (χ3n) is 2.11. The normalized spacial score (nSPS) is 10.7. The van der Waals surface area contributed by atoms with Crippen molar-refractivity contribution in [3.63, 3.8) is 0 Å². The Labute approximate surface area is 93.1 Å². The van der Waals surface area contributed by atoms with Gasteiger partial charge in [0.25, 0.3) is 0 Å². The number of rotatable bonds is 4. The van der Waals surface area contributed by atoms with E-state index >= 15 is 0 Å². The average Bonchev–Trinajstić information content (AvgIpc) is 2.79. The Morgan fingerprint density at radius 2 is 2.19 bits per heavy atom. The van der Waals surface area contributed by atoms with Crippen LogP contribution < -0.4 is 5.32 Å². The monoisotopic (exact) mass is 219 g/mol. The number of aromatic nitrogens is 4. The molecule has 6 heteroatoms. The van der Waals surface area contributed by atoms with Crippen LogP contribution in [0.1, 0.15) is 31.3 Å². The van der Waals surface area contributed by atoms with Crippen LogP contribution in [0.3, 0.4) is 0 Å². The summed E-state index contributed by atoms with van der Waals surface area (Å²) in [7, 11) is 0. The Morgan fingerprint density at radius 3 is 2.88 bits per heavy atom. The molecular formula is C10H13N5O. The van der Waals surface area contributed by atoms with E-state index in [1.165, 1.54) is 6.39 Å². The van der Waals surface area contributed by atoms with Crippen molar-refractivity contribution in [3.8, 4) is 0 Å². The first-order valence-corrected chi connectivity index (χ1v) is 5.07. The Hall–Kier alpha value is -1.98. The third kappa shape index (κ3) is 2.53. The first kappa shape index (κ1) is 10.5. The summed E-state index contributed by atoms with van der Waals surface area (Å²) >= 11 is 0. The largest absolute Gasteiger partial charge is 0.363 e. The molecule has 0 aromatic carbocycles. The van der Waals surface area contributed by atoms with E-state index in [0.717, 1.165) is 11.5 Å². The van der Waals surface area contributed by atoms with Gasteiger partial charge in [-0.05, 0) is 5.92 Å². The second-order valence-corrected chi connectivity index (χ2v) is 3.68. The zero-order valence-electron chi connectivity index (χ0n) is 9.21. The fraction of sp³-hybridized carbons (Fsp3) is 0.400. The third-order valence-corrected chi connectivity index (χ3v) is 2.11. The summed E-state index contributed by atoms with van der Waals surface area (Å²) in [6.45, 7) is 4.67. The lowest BCUT2D eigenvalue weighted by molar-refractivity contribution is 0.411. The second kappa shape index (κ2) is 4.69. The van der Waals surface area contributed by atoms with E-state index in [1.807, 2.05) is 6.07 Å². The molecule has 0 atom stereocenters. The molecule has 0 bridgehead atoms. The molecule has 1 N–H and O–H groups in total. The molecule has 84 valence electrons. The number of nitrogens with one attached hydrogen (secondary N) is 1. The molecule has 0 amide bonds. The topological polar surface area (TPSA) is 76.7 Å². The fourth-order valence-corrected chi connectivity index (χ4v) is 1.22. The van der Waals surface area contributed by atoms with Crippen LogP contribution in [0.15, 0.2) is 23.3 Å². The van der Waals surface area contributed by atoms with E-state index in [4.69, 9.17) is 0 Å². The molecular weight excluding hydrogens is 206 g/mol.